The summed E-state index contributed by atoms with van der Waals surface area (Å²) in [6.45, 7) is 17.6. The van der Waals surface area contributed by atoms with E-state index in [1.165, 1.54) is 0 Å². The molecule has 2 rings (SSSR count). The van der Waals surface area contributed by atoms with E-state index in [1.807, 2.05) is 57.0 Å². The maximum Gasteiger partial charge on any atom is 0.410 e. The van der Waals surface area contributed by atoms with Crippen LogP contribution in [0.2, 0.25) is 0 Å². The van der Waals surface area contributed by atoms with Crippen molar-refractivity contribution in [3.05, 3.63) is 53.4 Å². The topological polar surface area (TPSA) is 65.4 Å². The van der Waals surface area contributed by atoms with E-state index in [4.69, 9.17) is 4.74 Å². The minimum absolute atomic E-state index is 0.0691. The molecule has 1 aromatic carbocycles. The van der Waals surface area contributed by atoms with Gasteiger partial charge in [-0.2, -0.15) is 0 Å². The first kappa shape index (κ1) is 29.1. The van der Waals surface area contributed by atoms with Crippen LogP contribution in [0.25, 0.3) is 0 Å². The van der Waals surface area contributed by atoms with E-state index < -0.39 is 5.60 Å². The fraction of sp³-hybridized carbons (Fsp3) is 0.552. The first-order valence-electron chi connectivity index (χ1n) is 12.9. The molecule has 0 fully saturated rings. The number of benzene rings is 1. The SMILES string of the molecule is C=C(CCC)N=CC1=C(C(C)CC)N(C)CCN(c2cccc(CN(C)C(=O)OC(C)(C)C)c2)C1=O. The molecule has 7 nitrogen and oxygen atoms in total. The number of likely N-dealkylation sites (N-methyl/N-ethyl adjacent to an activating group) is 1. The summed E-state index contributed by atoms with van der Waals surface area (Å²) in [7, 11) is 3.75. The number of allylic oxidation sites excluding steroid dienone is 2. The van der Waals surface area contributed by atoms with E-state index in [9.17, 15) is 9.59 Å². The zero-order valence-corrected chi connectivity index (χ0v) is 23.4. The molecule has 1 aromatic rings. The van der Waals surface area contributed by atoms with Crippen molar-refractivity contribution in [2.24, 2.45) is 10.9 Å². The Bertz CT molecular complexity index is 1010. The van der Waals surface area contributed by atoms with E-state index in [1.54, 1.807) is 18.2 Å². The van der Waals surface area contributed by atoms with Gasteiger partial charge >= 0.3 is 6.09 Å². The Hall–Kier alpha value is -3.09. The van der Waals surface area contributed by atoms with Gasteiger partial charge in [0, 0.05) is 57.0 Å². The average Bonchev–Trinajstić information content (AvgIpc) is 2.92. The third-order valence-corrected chi connectivity index (χ3v) is 6.16. The monoisotopic (exact) mass is 496 g/mol. The van der Waals surface area contributed by atoms with Crippen molar-refractivity contribution in [2.75, 3.05) is 32.1 Å². The first-order valence-corrected chi connectivity index (χ1v) is 12.9. The largest absolute Gasteiger partial charge is 0.444 e. The van der Waals surface area contributed by atoms with Gasteiger partial charge in [0.1, 0.15) is 5.60 Å². The van der Waals surface area contributed by atoms with Crippen molar-refractivity contribution in [3.63, 3.8) is 0 Å². The van der Waals surface area contributed by atoms with E-state index in [-0.39, 0.29) is 17.9 Å². The number of aliphatic imine (C=N–C) groups is 1. The van der Waals surface area contributed by atoms with Gasteiger partial charge < -0.3 is 19.4 Å². The lowest BCUT2D eigenvalue weighted by Gasteiger charge is -2.26. The quantitative estimate of drug-likeness (QED) is 0.392. The molecule has 0 radical (unpaired) electrons. The second-order valence-corrected chi connectivity index (χ2v) is 10.6. The minimum atomic E-state index is -0.558. The van der Waals surface area contributed by atoms with Crippen molar-refractivity contribution >= 4 is 23.9 Å². The number of amides is 2. The molecule has 0 aliphatic carbocycles. The molecule has 0 saturated carbocycles. The molecule has 1 unspecified atom stereocenters. The van der Waals surface area contributed by atoms with Crippen molar-refractivity contribution in [3.8, 4) is 0 Å². The fourth-order valence-corrected chi connectivity index (χ4v) is 4.15. The highest BCUT2D eigenvalue weighted by molar-refractivity contribution is 6.19. The molecule has 0 aromatic heterocycles. The molecule has 7 heteroatoms. The van der Waals surface area contributed by atoms with Crippen LogP contribution in [-0.4, -0.2) is 60.8 Å². The molecule has 0 saturated heterocycles. The molecule has 198 valence electrons. The van der Waals surface area contributed by atoms with Crippen LogP contribution in [0.3, 0.4) is 0 Å². The number of carbonyl (C=O) groups is 2. The maximum atomic E-state index is 13.9. The third-order valence-electron chi connectivity index (χ3n) is 6.16. The van der Waals surface area contributed by atoms with Crippen LogP contribution in [0.1, 0.15) is 66.4 Å². The summed E-state index contributed by atoms with van der Waals surface area (Å²) in [5, 5.41) is 0. The highest BCUT2D eigenvalue weighted by atomic mass is 16.6. The van der Waals surface area contributed by atoms with E-state index in [0.717, 1.165) is 41.9 Å². The molecule has 2 amide bonds. The molecule has 0 N–H and O–H groups in total. The molecule has 36 heavy (non-hydrogen) atoms. The Morgan fingerprint density at radius 1 is 1.28 bits per heavy atom. The molecule has 0 bridgehead atoms. The summed E-state index contributed by atoms with van der Waals surface area (Å²) in [5.74, 6) is 0.147. The van der Waals surface area contributed by atoms with Crippen LogP contribution >= 0.6 is 0 Å². The fourth-order valence-electron chi connectivity index (χ4n) is 4.15. The zero-order valence-electron chi connectivity index (χ0n) is 23.4. The lowest BCUT2D eigenvalue weighted by Crippen LogP contribution is -2.35. The number of hydrogen-bond donors (Lipinski definition) is 0. The number of nitrogens with zero attached hydrogens (tertiary/aromatic N) is 4. The summed E-state index contributed by atoms with van der Waals surface area (Å²) >= 11 is 0. The molecular formula is C29H44N4O3. The normalized spacial score (nSPS) is 15.8. The van der Waals surface area contributed by atoms with E-state index in [0.29, 0.717) is 25.2 Å². The van der Waals surface area contributed by atoms with Gasteiger partial charge in [0.05, 0.1) is 5.57 Å². The van der Waals surface area contributed by atoms with Crippen molar-refractivity contribution in [2.45, 2.75) is 73.0 Å². The van der Waals surface area contributed by atoms with Gasteiger partial charge in [0.25, 0.3) is 5.91 Å². The Labute approximate surface area is 217 Å². The number of rotatable bonds is 9. The summed E-state index contributed by atoms with van der Waals surface area (Å²) in [4.78, 5) is 36.4. The second kappa shape index (κ2) is 12.7. The predicted molar refractivity (Wildman–Crippen MR) is 148 cm³/mol. The van der Waals surface area contributed by atoms with Crippen LogP contribution < -0.4 is 4.90 Å². The molecule has 1 atom stereocenters. The highest BCUT2D eigenvalue weighted by Crippen LogP contribution is 2.28. The molecule has 1 aliphatic rings. The van der Waals surface area contributed by atoms with Gasteiger partial charge in [-0.3, -0.25) is 9.79 Å². The van der Waals surface area contributed by atoms with Crippen LogP contribution in [-0.2, 0) is 16.1 Å². The van der Waals surface area contributed by atoms with Crippen LogP contribution in [0, 0.1) is 5.92 Å². The summed E-state index contributed by atoms with van der Waals surface area (Å²) in [5.41, 5.74) is 3.55. The molecule has 1 aliphatic heterocycles. The minimum Gasteiger partial charge on any atom is -0.444 e. The number of anilines is 1. The summed E-state index contributed by atoms with van der Waals surface area (Å²) in [6, 6.07) is 7.79. The van der Waals surface area contributed by atoms with Gasteiger partial charge in [-0.1, -0.05) is 45.9 Å². The Morgan fingerprint density at radius 2 is 1.97 bits per heavy atom. The van der Waals surface area contributed by atoms with Crippen LogP contribution in [0.5, 0.6) is 0 Å². The van der Waals surface area contributed by atoms with Crippen molar-refractivity contribution < 1.29 is 14.3 Å². The first-order chi connectivity index (χ1) is 16.9. The standard InChI is InChI=1S/C29H44N4O3/c1-10-13-22(4)30-19-25-26(21(3)11-2)31(8)16-17-33(27(25)34)24-15-12-14-23(18-24)20-32(9)28(35)36-29(5,6)7/h12,14-15,18-19,21H,4,10-11,13,16-17,20H2,1-3,5-9H3. The van der Waals surface area contributed by atoms with E-state index >= 15 is 0 Å². The van der Waals surface area contributed by atoms with Crippen LogP contribution in [0.15, 0.2) is 52.8 Å². The van der Waals surface area contributed by atoms with Crippen molar-refractivity contribution in [1.29, 1.82) is 0 Å². The van der Waals surface area contributed by atoms with Crippen LogP contribution in [0.4, 0.5) is 10.5 Å². The lowest BCUT2D eigenvalue weighted by molar-refractivity contribution is -0.114. The zero-order chi connectivity index (χ0) is 27.0. The molecule has 0 spiro atoms. The maximum absolute atomic E-state index is 13.9. The Morgan fingerprint density at radius 3 is 2.58 bits per heavy atom. The number of hydrogen-bond acceptors (Lipinski definition) is 5. The van der Waals surface area contributed by atoms with Gasteiger partial charge in [0.2, 0.25) is 0 Å². The third kappa shape index (κ3) is 7.97. The predicted octanol–water partition coefficient (Wildman–Crippen LogP) is 6.02. The Balaban J connectivity index is 2.39. The molecular weight excluding hydrogens is 452 g/mol. The average molecular weight is 497 g/mol. The number of ether oxygens (including phenoxy) is 1. The molecule has 1 heterocycles. The summed E-state index contributed by atoms with van der Waals surface area (Å²) in [6.07, 6.45) is 4.00. The highest BCUT2D eigenvalue weighted by Gasteiger charge is 2.30. The smallest absolute Gasteiger partial charge is 0.410 e. The second-order valence-electron chi connectivity index (χ2n) is 10.6. The van der Waals surface area contributed by atoms with Gasteiger partial charge in [-0.15, -0.1) is 0 Å². The van der Waals surface area contributed by atoms with Gasteiger partial charge in [-0.25, -0.2) is 4.79 Å². The number of carbonyl (C=O) groups excluding carboxylic acids is 2. The summed E-state index contributed by atoms with van der Waals surface area (Å²) < 4.78 is 5.48. The van der Waals surface area contributed by atoms with Gasteiger partial charge in [0.15, 0.2) is 0 Å². The van der Waals surface area contributed by atoms with E-state index in [2.05, 4.69) is 37.2 Å². The lowest BCUT2D eigenvalue weighted by atomic mass is 9.98. The Kier molecular flexibility index (Phi) is 10.3. The van der Waals surface area contributed by atoms with Gasteiger partial charge in [-0.05, 0) is 57.2 Å². The van der Waals surface area contributed by atoms with Crippen molar-refractivity contribution in [1.82, 2.24) is 9.80 Å².